The van der Waals surface area contributed by atoms with Gasteiger partial charge in [0.1, 0.15) is 10.0 Å². The number of hydrogen-bond acceptors (Lipinski definition) is 5. The smallest absolute Gasteiger partial charge is 0.268 e. The molecule has 4 rings (SSSR count). The van der Waals surface area contributed by atoms with Crippen LogP contribution >= 0.6 is 11.3 Å². The van der Waals surface area contributed by atoms with Crippen molar-refractivity contribution in [1.29, 1.82) is 0 Å². The highest BCUT2D eigenvalue weighted by atomic mass is 32.1. The summed E-state index contributed by atoms with van der Waals surface area (Å²) in [6.45, 7) is 0.833. The van der Waals surface area contributed by atoms with E-state index in [1.165, 1.54) is 22.2 Å². The number of nitrogens with zero attached hydrogens (tertiary/aromatic N) is 6. The fourth-order valence-corrected chi connectivity index (χ4v) is 3.53. The third-order valence-corrected chi connectivity index (χ3v) is 4.86. The lowest BCUT2D eigenvalue weighted by Crippen LogP contribution is -2.08. The van der Waals surface area contributed by atoms with Crippen molar-refractivity contribution in [2.45, 2.75) is 25.7 Å². The number of aromatic nitrogens is 6. The van der Waals surface area contributed by atoms with Crippen LogP contribution in [0, 0.1) is 0 Å². The lowest BCUT2D eigenvalue weighted by molar-refractivity contribution is -0.141. The zero-order valence-electron chi connectivity index (χ0n) is 14.5. The van der Waals surface area contributed by atoms with Gasteiger partial charge in [-0.05, 0) is 17.7 Å². The number of hydrogen-bond donors (Lipinski definition) is 0. The molecule has 0 aliphatic rings. The topological polar surface area (TPSA) is 61.4 Å². The average Bonchev–Trinajstić information content (AvgIpc) is 3.38. The summed E-state index contributed by atoms with van der Waals surface area (Å²) in [6.07, 6.45) is -0.732. The van der Waals surface area contributed by atoms with Crippen molar-refractivity contribution < 1.29 is 13.2 Å². The van der Waals surface area contributed by atoms with Crippen molar-refractivity contribution in [2.24, 2.45) is 0 Å². The van der Waals surface area contributed by atoms with E-state index in [0.29, 0.717) is 18.0 Å². The first-order valence-electron chi connectivity index (χ1n) is 8.44. The second kappa shape index (κ2) is 7.55. The van der Waals surface area contributed by atoms with Gasteiger partial charge in [0.05, 0.1) is 18.8 Å². The van der Waals surface area contributed by atoms with Gasteiger partial charge >= 0.3 is 6.18 Å². The molecule has 0 saturated heterocycles. The monoisotopic (exact) mass is 404 g/mol. The van der Waals surface area contributed by atoms with Gasteiger partial charge in [-0.3, -0.25) is 9.36 Å². The Morgan fingerprint density at radius 1 is 0.821 bits per heavy atom. The Morgan fingerprint density at radius 2 is 1.54 bits per heavy atom. The van der Waals surface area contributed by atoms with Crippen molar-refractivity contribution >= 4 is 11.3 Å². The SMILES string of the molecule is FC(F)(F)c1ccn(Cc2nnc(Cc3ccn(Cc4ccccc4)n3)s2)n1. The Kier molecular flexibility index (Phi) is 4.95. The third kappa shape index (κ3) is 4.45. The van der Waals surface area contributed by atoms with Crippen molar-refractivity contribution in [2.75, 3.05) is 0 Å². The maximum Gasteiger partial charge on any atom is 0.435 e. The molecule has 0 atom stereocenters. The summed E-state index contributed by atoms with van der Waals surface area (Å²) in [4.78, 5) is 0. The van der Waals surface area contributed by atoms with Gasteiger partial charge in [-0.15, -0.1) is 10.2 Å². The van der Waals surface area contributed by atoms with Crippen LogP contribution in [0.2, 0.25) is 0 Å². The van der Waals surface area contributed by atoms with Gasteiger partial charge in [0, 0.05) is 18.8 Å². The van der Waals surface area contributed by atoms with E-state index in [1.54, 1.807) is 0 Å². The molecule has 3 aromatic heterocycles. The normalized spacial score (nSPS) is 11.8. The van der Waals surface area contributed by atoms with Crippen LogP contribution < -0.4 is 0 Å². The largest absolute Gasteiger partial charge is 0.435 e. The van der Waals surface area contributed by atoms with Crippen LogP contribution in [-0.4, -0.2) is 29.8 Å². The highest BCUT2D eigenvalue weighted by Crippen LogP contribution is 2.27. The molecule has 0 N–H and O–H groups in total. The molecule has 0 amide bonds. The zero-order valence-corrected chi connectivity index (χ0v) is 15.4. The highest BCUT2D eigenvalue weighted by molar-refractivity contribution is 7.11. The number of alkyl halides is 3. The molecule has 10 heteroatoms. The van der Waals surface area contributed by atoms with E-state index in [9.17, 15) is 13.2 Å². The molecule has 0 unspecified atom stereocenters. The van der Waals surface area contributed by atoms with Crippen LogP contribution in [-0.2, 0) is 25.7 Å². The van der Waals surface area contributed by atoms with Gasteiger partial charge in [0.25, 0.3) is 0 Å². The third-order valence-electron chi connectivity index (χ3n) is 3.95. The minimum atomic E-state index is -4.45. The number of rotatable bonds is 6. The van der Waals surface area contributed by atoms with Crippen LogP contribution in [0.5, 0.6) is 0 Å². The van der Waals surface area contributed by atoms with Crippen LogP contribution in [0.3, 0.4) is 0 Å². The highest BCUT2D eigenvalue weighted by Gasteiger charge is 2.33. The summed E-state index contributed by atoms with van der Waals surface area (Å²) in [5.74, 6) is 0. The minimum Gasteiger partial charge on any atom is -0.268 e. The van der Waals surface area contributed by atoms with E-state index >= 15 is 0 Å². The quantitative estimate of drug-likeness (QED) is 0.492. The summed E-state index contributed by atoms with van der Waals surface area (Å²) in [6, 6.07) is 12.9. The first kappa shape index (κ1) is 18.4. The second-order valence-corrected chi connectivity index (χ2v) is 7.30. The second-order valence-electron chi connectivity index (χ2n) is 6.15. The Morgan fingerprint density at radius 3 is 2.29 bits per heavy atom. The number of halogens is 3. The number of benzene rings is 1. The molecular formula is C18H15F3N6S. The standard InChI is InChI=1S/C18H15F3N6S/c19-18(20,21)15-7-9-27(25-15)12-17-23-22-16(28-17)10-14-6-8-26(24-14)11-13-4-2-1-3-5-13/h1-9H,10-12H2. The molecular weight excluding hydrogens is 389 g/mol. The van der Waals surface area contributed by atoms with Gasteiger partial charge in [-0.25, -0.2) is 0 Å². The van der Waals surface area contributed by atoms with E-state index in [-0.39, 0.29) is 6.54 Å². The predicted octanol–water partition coefficient (Wildman–Crippen LogP) is 3.64. The summed E-state index contributed by atoms with van der Waals surface area (Å²) in [5, 5.41) is 17.6. The maximum absolute atomic E-state index is 12.6. The molecule has 0 spiro atoms. The van der Waals surface area contributed by atoms with Crippen molar-refractivity contribution in [3.8, 4) is 0 Å². The van der Waals surface area contributed by atoms with Crippen molar-refractivity contribution in [1.82, 2.24) is 29.8 Å². The fourth-order valence-electron chi connectivity index (χ4n) is 2.67. The Hall–Kier alpha value is -3.01. The van der Waals surface area contributed by atoms with E-state index in [4.69, 9.17) is 0 Å². The van der Waals surface area contributed by atoms with E-state index < -0.39 is 11.9 Å². The van der Waals surface area contributed by atoms with Gasteiger partial charge in [0.15, 0.2) is 5.69 Å². The van der Waals surface area contributed by atoms with Gasteiger partial charge in [-0.1, -0.05) is 41.7 Å². The first-order valence-corrected chi connectivity index (χ1v) is 9.25. The van der Waals surface area contributed by atoms with Crippen LogP contribution in [0.1, 0.15) is 27.0 Å². The molecule has 6 nitrogen and oxygen atoms in total. The lowest BCUT2D eigenvalue weighted by Gasteiger charge is -2.01. The molecule has 0 bridgehead atoms. The Bertz CT molecular complexity index is 1050. The van der Waals surface area contributed by atoms with Gasteiger partial charge in [0.2, 0.25) is 0 Å². The maximum atomic E-state index is 12.6. The lowest BCUT2D eigenvalue weighted by atomic mass is 10.2. The predicted molar refractivity (Wildman–Crippen MR) is 96.8 cm³/mol. The summed E-state index contributed by atoms with van der Waals surface area (Å²) in [7, 11) is 0. The Balaban J connectivity index is 1.38. The molecule has 3 heterocycles. The van der Waals surface area contributed by atoms with Crippen LogP contribution in [0.15, 0.2) is 54.9 Å². The molecule has 0 radical (unpaired) electrons. The van der Waals surface area contributed by atoms with Crippen LogP contribution in [0.4, 0.5) is 13.2 Å². The van der Waals surface area contributed by atoms with E-state index in [1.807, 2.05) is 47.3 Å². The summed E-state index contributed by atoms with van der Waals surface area (Å²) >= 11 is 1.34. The molecule has 144 valence electrons. The van der Waals surface area contributed by atoms with Crippen molar-refractivity contribution in [3.05, 3.63) is 81.8 Å². The fraction of sp³-hybridized carbons (Fsp3) is 0.222. The molecule has 1 aromatic carbocycles. The minimum absolute atomic E-state index is 0.149. The van der Waals surface area contributed by atoms with E-state index in [0.717, 1.165) is 22.3 Å². The zero-order chi connectivity index (χ0) is 19.6. The van der Waals surface area contributed by atoms with Crippen molar-refractivity contribution in [3.63, 3.8) is 0 Å². The molecule has 28 heavy (non-hydrogen) atoms. The molecule has 4 aromatic rings. The summed E-state index contributed by atoms with van der Waals surface area (Å²) in [5.41, 5.74) is 1.10. The first-order chi connectivity index (χ1) is 13.5. The molecule has 0 aliphatic heterocycles. The van der Waals surface area contributed by atoms with Crippen LogP contribution in [0.25, 0.3) is 0 Å². The van der Waals surface area contributed by atoms with Gasteiger partial charge < -0.3 is 0 Å². The van der Waals surface area contributed by atoms with Gasteiger partial charge in [-0.2, -0.15) is 23.4 Å². The molecule has 0 aliphatic carbocycles. The summed E-state index contributed by atoms with van der Waals surface area (Å²) < 4.78 is 40.9. The molecule has 0 saturated carbocycles. The Labute approximate surface area is 162 Å². The average molecular weight is 404 g/mol. The van der Waals surface area contributed by atoms with E-state index in [2.05, 4.69) is 20.4 Å². The molecule has 0 fully saturated rings.